The fraction of sp³-hybridized carbons (Fsp3) is 0.759. The van der Waals surface area contributed by atoms with Gasteiger partial charge in [0.1, 0.15) is 12.4 Å². The fourth-order valence-electron chi connectivity index (χ4n) is 3.67. The van der Waals surface area contributed by atoms with Gasteiger partial charge >= 0.3 is 5.97 Å². The second kappa shape index (κ2) is 23.2. The molecule has 0 aromatic heterocycles. The highest BCUT2D eigenvalue weighted by atomic mass is 16.6. The van der Waals surface area contributed by atoms with E-state index in [1.54, 1.807) is 0 Å². The first-order valence-corrected chi connectivity index (χ1v) is 13.7. The van der Waals surface area contributed by atoms with Crippen molar-refractivity contribution >= 4 is 5.97 Å². The van der Waals surface area contributed by atoms with Gasteiger partial charge in [-0.3, -0.25) is 4.79 Å². The first kappa shape index (κ1) is 30.4. The molecule has 1 aromatic rings. The van der Waals surface area contributed by atoms with E-state index in [1.165, 1.54) is 63.4 Å². The molecule has 0 aliphatic heterocycles. The van der Waals surface area contributed by atoms with Crippen LogP contribution in [-0.2, 0) is 19.0 Å². The summed E-state index contributed by atoms with van der Waals surface area (Å²) >= 11 is 0. The van der Waals surface area contributed by atoms with Gasteiger partial charge in [-0.15, -0.1) is 0 Å². The molecular weight excluding hydrogens is 428 g/mol. The topological polar surface area (TPSA) is 54.0 Å². The Morgan fingerprint density at radius 2 is 1.15 bits per heavy atom. The number of carbonyl (C=O) groups is 1. The molecule has 0 spiro atoms. The Bertz CT molecular complexity index is 572. The van der Waals surface area contributed by atoms with Gasteiger partial charge in [0, 0.05) is 13.0 Å². The Morgan fingerprint density at radius 1 is 0.618 bits per heavy atom. The van der Waals surface area contributed by atoms with Crippen molar-refractivity contribution in [2.24, 2.45) is 0 Å². The lowest BCUT2D eigenvalue weighted by Gasteiger charge is -2.08. The Kier molecular flexibility index (Phi) is 20.7. The Morgan fingerprint density at radius 3 is 1.82 bits per heavy atom. The van der Waals surface area contributed by atoms with Crippen LogP contribution in [0.4, 0.5) is 0 Å². The SMILES string of the molecule is CCCCCCCCCCCCOCCOCCOC(=O)CCCCCOc1ccc(C)cc1. The summed E-state index contributed by atoms with van der Waals surface area (Å²) in [5.41, 5.74) is 1.23. The Labute approximate surface area is 208 Å². The van der Waals surface area contributed by atoms with Crippen molar-refractivity contribution in [2.75, 3.05) is 39.6 Å². The second-order valence-electron chi connectivity index (χ2n) is 9.10. The van der Waals surface area contributed by atoms with Crippen LogP contribution in [0.25, 0.3) is 0 Å². The smallest absolute Gasteiger partial charge is 0.305 e. The number of benzene rings is 1. The normalized spacial score (nSPS) is 11.0. The zero-order valence-corrected chi connectivity index (χ0v) is 22.0. The van der Waals surface area contributed by atoms with Crippen LogP contribution in [0, 0.1) is 6.92 Å². The van der Waals surface area contributed by atoms with Gasteiger partial charge < -0.3 is 18.9 Å². The van der Waals surface area contributed by atoms with Crippen molar-refractivity contribution in [1.82, 2.24) is 0 Å². The van der Waals surface area contributed by atoms with Crippen LogP contribution >= 0.6 is 0 Å². The maximum atomic E-state index is 11.8. The summed E-state index contributed by atoms with van der Waals surface area (Å²) in [7, 11) is 0. The summed E-state index contributed by atoms with van der Waals surface area (Å²) in [6, 6.07) is 8.06. The Balaban J connectivity index is 1.74. The number of hydrogen-bond donors (Lipinski definition) is 0. The minimum absolute atomic E-state index is 0.153. The van der Waals surface area contributed by atoms with Crippen molar-refractivity contribution in [3.8, 4) is 5.75 Å². The summed E-state index contributed by atoms with van der Waals surface area (Å²) < 4.78 is 22.0. The van der Waals surface area contributed by atoms with E-state index in [1.807, 2.05) is 24.3 Å². The van der Waals surface area contributed by atoms with E-state index >= 15 is 0 Å². The van der Waals surface area contributed by atoms with Crippen molar-refractivity contribution in [3.63, 3.8) is 0 Å². The molecule has 0 saturated carbocycles. The highest BCUT2D eigenvalue weighted by molar-refractivity contribution is 5.69. The summed E-state index contributed by atoms with van der Waals surface area (Å²) in [5, 5.41) is 0. The third-order valence-corrected chi connectivity index (χ3v) is 5.82. The lowest BCUT2D eigenvalue weighted by Crippen LogP contribution is -2.13. The van der Waals surface area contributed by atoms with Crippen LogP contribution in [0.15, 0.2) is 24.3 Å². The predicted octanol–water partition coefficient (Wildman–Crippen LogP) is 7.43. The molecule has 0 fully saturated rings. The van der Waals surface area contributed by atoms with E-state index in [9.17, 15) is 4.79 Å². The molecule has 0 atom stereocenters. The van der Waals surface area contributed by atoms with Crippen LogP contribution in [0.1, 0.15) is 102 Å². The zero-order chi connectivity index (χ0) is 24.5. The molecule has 0 saturated heterocycles. The average Bonchev–Trinajstić information content (AvgIpc) is 2.84. The summed E-state index contributed by atoms with van der Waals surface area (Å²) in [6.45, 7) is 7.71. The maximum Gasteiger partial charge on any atom is 0.305 e. The van der Waals surface area contributed by atoms with Gasteiger partial charge in [-0.05, 0) is 44.7 Å². The van der Waals surface area contributed by atoms with Crippen molar-refractivity contribution in [1.29, 1.82) is 0 Å². The maximum absolute atomic E-state index is 11.8. The standard InChI is InChI=1S/C29H50O5/c1-3-4-5-6-7-8-9-10-11-14-21-31-23-24-32-25-26-34-29(30)16-13-12-15-22-33-28-19-17-27(2)18-20-28/h17-20H,3-16,21-26H2,1-2H3. The van der Waals surface area contributed by atoms with E-state index < -0.39 is 0 Å². The fourth-order valence-corrected chi connectivity index (χ4v) is 3.67. The second-order valence-corrected chi connectivity index (χ2v) is 9.10. The quantitative estimate of drug-likeness (QED) is 0.114. The third-order valence-electron chi connectivity index (χ3n) is 5.82. The molecule has 34 heavy (non-hydrogen) atoms. The van der Waals surface area contributed by atoms with E-state index in [-0.39, 0.29) is 5.97 Å². The molecule has 1 aromatic carbocycles. The van der Waals surface area contributed by atoms with E-state index in [0.29, 0.717) is 39.5 Å². The molecule has 0 unspecified atom stereocenters. The predicted molar refractivity (Wildman–Crippen MR) is 140 cm³/mol. The monoisotopic (exact) mass is 478 g/mol. The number of carbonyl (C=O) groups excluding carboxylic acids is 1. The third kappa shape index (κ3) is 19.8. The lowest BCUT2D eigenvalue weighted by atomic mass is 10.1. The molecule has 0 amide bonds. The molecule has 0 bridgehead atoms. The van der Waals surface area contributed by atoms with Crippen molar-refractivity contribution in [2.45, 2.75) is 104 Å². The van der Waals surface area contributed by atoms with Crippen LogP contribution in [0.2, 0.25) is 0 Å². The first-order valence-electron chi connectivity index (χ1n) is 13.7. The van der Waals surface area contributed by atoms with Crippen LogP contribution in [0.3, 0.4) is 0 Å². The number of rotatable bonds is 24. The average molecular weight is 479 g/mol. The highest BCUT2D eigenvalue weighted by Crippen LogP contribution is 2.12. The van der Waals surface area contributed by atoms with E-state index in [4.69, 9.17) is 18.9 Å². The minimum Gasteiger partial charge on any atom is -0.494 e. The summed E-state index contributed by atoms with van der Waals surface area (Å²) in [4.78, 5) is 11.8. The molecule has 5 heteroatoms. The summed E-state index contributed by atoms with van der Waals surface area (Å²) in [5.74, 6) is 0.745. The van der Waals surface area contributed by atoms with Crippen molar-refractivity contribution in [3.05, 3.63) is 29.8 Å². The van der Waals surface area contributed by atoms with Crippen molar-refractivity contribution < 1.29 is 23.7 Å². The molecular formula is C29H50O5. The van der Waals surface area contributed by atoms with Crippen LogP contribution in [0.5, 0.6) is 5.75 Å². The van der Waals surface area contributed by atoms with Crippen LogP contribution < -0.4 is 4.74 Å². The van der Waals surface area contributed by atoms with Gasteiger partial charge in [-0.25, -0.2) is 0 Å². The van der Waals surface area contributed by atoms with Gasteiger partial charge in [0.15, 0.2) is 0 Å². The number of unbranched alkanes of at least 4 members (excludes halogenated alkanes) is 11. The molecule has 196 valence electrons. The molecule has 1 rings (SSSR count). The molecule has 5 nitrogen and oxygen atoms in total. The molecule has 0 aliphatic carbocycles. The van der Waals surface area contributed by atoms with Gasteiger partial charge in [-0.2, -0.15) is 0 Å². The number of hydrogen-bond acceptors (Lipinski definition) is 5. The lowest BCUT2D eigenvalue weighted by molar-refractivity contribution is -0.145. The van der Waals surface area contributed by atoms with Gasteiger partial charge in [0.05, 0.1) is 26.4 Å². The minimum atomic E-state index is -0.153. The van der Waals surface area contributed by atoms with Gasteiger partial charge in [0.25, 0.3) is 0 Å². The highest BCUT2D eigenvalue weighted by Gasteiger charge is 2.03. The molecule has 0 heterocycles. The largest absolute Gasteiger partial charge is 0.494 e. The number of esters is 1. The summed E-state index contributed by atoms with van der Waals surface area (Å²) in [6.07, 6.45) is 16.5. The molecule has 0 N–H and O–H groups in total. The van der Waals surface area contributed by atoms with E-state index in [0.717, 1.165) is 38.0 Å². The van der Waals surface area contributed by atoms with Gasteiger partial charge in [-0.1, -0.05) is 82.4 Å². The molecule has 0 radical (unpaired) electrons. The Hall–Kier alpha value is -1.59. The van der Waals surface area contributed by atoms with E-state index in [2.05, 4.69) is 13.8 Å². The zero-order valence-electron chi connectivity index (χ0n) is 22.0. The van der Waals surface area contributed by atoms with Gasteiger partial charge in [0.2, 0.25) is 0 Å². The first-order chi connectivity index (χ1) is 16.7. The number of ether oxygens (including phenoxy) is 4. The van der Waals surface area contributed by atoms with Crippen LogP contribution in [-0.4, -0.2) is 45.6 Å². The molecule has 0 aliphatic rings. The number of aryl methyl sites for hydroxylation is 1.